The first-order valence-electron chi connectivity index (χ1n) is 10.3. The average molecular weight is 389 g/mol. The number of hydrogen-bond donors (Lipinski definition) is 2. The molecule has 3 heterocycles. The highest BCUT2D eigenvalue weighted by molar-refractivity contribution is 5.79. The fraction of sp³-hybridized carbons (Fsp3) is 0.700. The topological polar surface area (TPSA) is 95.9 Å². The number of hydrogen-bond acceptors (Lipinski definition) is 5. The van der Waals surface area contributed by atoms with Gasteiger partial charge in [-0.2, -0.15) is 10.1 Å². The van der Waals surface area contributed by atoms with Gasteiger partial charge in [0.2, 0.25) is 11.9 Å². The Morgan fingerprint density at radius 2 is 1.93 bits per heavy atom. The molecular formula is C20H32N6O2. The number of carbonyl (C=O) groups is 1. The van der Waals surface area contributed by atoms with E-state index in [0.717, 1.165) is 38.8 Å². The number of aromatic amines is 1. The first-order valence-corrected chi connectivity index (χ1v) is 10.3. The minimum absolute atomic E-state index is 0.127. The molecule has 2 aromatic rings. The molecule has 0 atom stereocenters. The van der Waals surface area contributed by atoms with E-state index >= 15 is 0 Å². The highest BCUT2D eigenvalue weighted by Crippen LogP contribution is 2.21. The van der Waals surface area contributed by atoms with Crippen LogP contribution in [0.5, 0.6) is 0 Å². The molecule has 0 aromatic carbocycles. The molecule has 28 heavy (non-hydrogen) atoms. The summed E-state index contributed by atoms with van der Waals surface area (Å²) >= 11 is 0. The van der Waals surface area contributed by atoms with E-state index in [1.165, 1.54) is 0 Å². The van der Waals surface area contributed by atoms with E-state index in [0.29, 0.717) is 17.0 Å². The minimum atomic E-state index is -0.263. The van der Waals surface area contributed by atoms with Crippen molar-refractivity contribution < 1.29 is 4.79 Å². The van der Waals surface area contributed by atoms with Gasteiger partial charge in [0, 0.05) is 25.0 Å². The predicted molar refractivity (Wildman–Crippen MR) is 110 cm³/mol. The highest BCUT2D eigenvalue weighted by atomic mass is 16.2. The molecule has 1 aliphatic heterocycles. The molecule has 0 unspecified atom stereocenters. The molecule has 0 saturated carbocycles. The van der Waals surface area contributed by atoms with E-state index in [1.807, 2.05) is 25.7 Å². The third-order valence-electron chi connectivity index (χ3n) is 5.56. The summed E-state index contributed by atoms with van der Waals surface area (Å²) in [5.74, 6) is 0.862. The summed E-state index contributed by atoms with van der Waals surface area (Å²) < 4.78 is 1.78. The lowest BCUT2D eigenvalue weighted by Crippen LogP contribution is -2.45. The quantitative estimate of drug-likeness (QED) is 0.821. The van der Waals surface area contributed by atoms with Crippen molar-refractivity contribution in [2.45, 2.75) is 71.9 Å². The lowest BCUT2D eigenvalue weighted by atomic mass is 9.98. The number of likely N-dealkylation sites (tertiary alicyclic amines) is 1. The fourth-order valence-corrected chi connectivity index (χ4v) is 3.81. The largest absolute Gasteiger partial charge is 0.353 e. The fourth-order valence-electron chi connectivity index (χ4n) is 3.81. The molecule has 1 aliphatic rings. The maximum absolute atomic E-state index is 12.6. The summed E-state index contributed by atoms with van der Waals surface area (Å²) in [7, 11) is 0. The lowest BCUT2D eigenvalue weighted by molar-refractivity contribution is -0.136. The number of aromatic nitrogens is 4. The normalized spacial score (nSPS) is 16.1. The van der Waals surface area contributed by atoms with Crippen LogP contribution in [0.3, 0.4) is 0 Å². The number of amides is 1. The van der Waals surface area contributed by atoms with E-state index in [4.69, 9.17) is 0 Å². The number of nitrogens with one attached hydrogen (secondary N) is 2. The van der Waals surface area contributed by atoms with Crippen molar-refractivity contribution in [1.29, 1.82) is 0 Å². The Morgan fingerprint density at radius 3 is 2.50 bits per heavy atom. The summed E-state index contributed by atoms with van der Waals surface area (Å²) in [5.41, 5.74) is 0.130. The van der Waals surface area contributed by atoms with Crippen LogP contribution in [0.1, 0.15) is 60.3 Å². The van der Waals surface area contributed by atoms with Gasteiger partial charge in [-0.15, -0.1) is 0 Å². The van der Waals surface area contributed by atoms with Gasteiger partial charge in [0.1, 0.15) is 5.39 Å². The van der Waals surface area contributed by atoms with E-state index in [-0.39, 0.29) is 29.0 Å². The number of carbonyl (C=O) groups excluding carboxylic acids is 1. The Kier molecular flexibility index (Phi) is 5.76. The summed E-state index contributed by atoms with van der Waals surface area (Å²) in [6.07, 6.45) is 5.02. The van der Waals surface area contributed by atoms with Gasteiger partial charge in [-0.25, -0.2) is 4.68 Å². The number of nitrogens with zero attached hydrogens (tertiary/aromatic N) is 4. The Morgan fingerprint density at radius 1 is 1.29 bits per heavy atom. The van der Waals surface area contributed by atoms with Gasteiger partial charge in [-0.3, -0.25) is 14.6 Å². The zero-order chi connectivity index (χ0) is 20.5. The van der Waals surface area contributed by atoms with Crippen molar-refractivity contribution in [1.82, 2.24) is 24.6 Å². The standard InChI is InChI=1S/C20H32N6O2/c1-6-13(7-2)18(28)25-10-8-14(9-11-25)22-19-23-16-15(17(27)24-19)12-21-26(16)20(3,4)5/h12-14H,6-11H2,1-5H3,(H2,22,23,24,27). The molecule has 2 aromatic heterocycles. The van der Waals surface area contributed by atoms with Crippen LogP contribution in [0, 0.1) is 5.92 Å². The number of anilines is 1. The Balaban J connectivity index is 1.71. The molecule has 154 valence electrons. The van der Waals surface area contributed by atoms with Crippen LogP contribution in [-0.4, -0.2) is 49.7 Å². The average Bonchev–Trinajstić information content (AvgIpc) is 3.08. The molecule has 2 N–H and O–H groups in total. The molecular weight excluding hydrogens is 356 g/mol. The molecule has 8 nitrogen and oxygen atoms in total. The number of piperidine rings is 1. The number of H-pyrrole nitrogens is 1. The summed E-state index contributed by atoms with van der Waals surface area (Å²) in [6.45, 7) is 11.7. The second kappa shape index (κ2) is 7.93. The molecule has 0 radical (unpaired) electrons. The zero-order valence-corrected chi connectivity index (χ0v) is 17.6. The Labute approximate surface area is 165 Å². The van der Waals surface area contributed by atoms with Crippen molar-refractivity contribution in [3.63, 3.8) is 0 Å². The van der Waals surface area contributed by atoms with Crippen molar-refractivity contribution >= 4 is 22.9 Å². The summed E-state index contributed by atoms with van der Waals surface area (Å²) in [5, 5.41) is 8.18. The van der Waals surface area contributed by atoms with Gasteiger partial charge in [0.25, 0.3) is 5.56 Å². The first kappa shape index (κ1) is 20.4. The highest BCUT2D eigenvalue weighted by Gasteiger charge is 2.27. The summed E-state index contributed by atoms with van der Waals surface area (Å²) in [6, 6.07) is 0.178. The van der Waals surface area contributed by atoms with E-state index < -0.39 is 0 Å². The molecule has 1 amide bonds. The van der Waals surface area contributed by atoms with Gasteiger partial charge < -0.3 is 10.2 Å². The lowest BCUT2D eigenvalue weighted by Gasteiger charge is -2.34. The van der Waals surface area contributed by atoms with E-state index in [1.54, 1.807) is 10.9 Å². The van der Waals surface area contributed by atoms with Gasteiger partial charge in [0.15, 0.2) is 5.65 Å². The molecule has 0 bridgehead atoms. The monoisotopic (exact) mass is 388 g/mol. The van der Waals surface area contributed by atoms with Gasteiger partial charge in [-0.1, -0.05) is 13.8 Å². The van der Waals surface area contributed by atoms with Crippen molar-refractivity contribution in [2.75, 3.05) is 18.4 Å². The van der Waals surface area contributed by atoms with Crippen LogP contribution in [0.15, 0.2) is 11.0 Å². The van der Waals surface area contributed by atoms with Crippen LogP contribution in [0.25, 0.3) is 11.0 Å². The maximum Gasteiger partial charge on any atom is 0.263 e. The molecule has 1 saturated heterocycles. The van der Waals surface area contributed by atoms with Crippen LogP contribution in [-0.2, 0) is 10.3 Å². The smallest absolute Gasteiger partial charge is 0.263 e. The third kappa shape index (κ3) is 4.05. The van der Waals surface area contributed by atoms with E-state index in [2.05, 4.69) is 34.2 Å². The van der Waals surface area contributed by atoms with Gasteiger partial charge in [-0.05, 0) is 46.5 Å². The van der Waals surface area contributed by atoms with Gasteiger partial charge >= 0.3 is 0 Å². The van der Waals surface area contributed by atoms with Crippen LogP contribution >= 0.6 is 0 Å². The number of fused-ring (bicyclic) bond motifs is 1. The predicted octanol–water partition coefficient (Wildman–Crippen LogP) is 2.71. The van der Waals surface area contributed by atoms with E-state index in [9.17, 15) is 9.59 Å². The van der Waals surface area contributed by atoms with Crippen LogP contribution in [0.4, 0.5) is 5.95 Å². The van der Waals surface area contributed by atoms with Gasteiger partial charge in [0.05, 0.1) is 11.7 Å². The third-order valence-corrected chi connectivity index (χ3v) is 5.56. The molecule has 3 rings (SSSR count). The van der Waals surface area contributed by atoms with Crippen molar-refractivity contribution in [3.8, 4) is 0 Å². The zero-order valence-electron chi connectivity index (χ0n) is 17.6. The van der Waals surface area contributed by atoms with Crippen LogP contribution in [0.2, 0.25) is 0 Å². The Hall–Kier alpha value is -2.38. The molecule has 8 heteroatoms. The maximum atomic E-state index is 12.6. The SMILES string of the molecule is CCC(CC)C(=O)N1CCC(Nc2nc3c(cnn3C(C)(C)C)c(=O)[nH]2)CC1. The number of rotatable bonds is 5. The Bertz CT molecular complexity index is 882. The molecule has 0 spiro atoms. The van der Waals surface area contributed by atoms with Crippen molar-refractivity contribution in [3.05, 3.63) is 16.6 Å². The first-order chi connectivity index (χ1) is 13.2. The van der Waals surface area contributed by atoms with Crippen LogP contribution < -0.4 is 10.9 Å². The second-order valence-electron chi connectivity index (χ2n) is 8.64. The molecule has 1 fully saturated rings. The molecule has 0 aliphatic carbocycles. The van der Waals surface area contributed by atoms with Crippen molar-refractivity contribution in [2.24, 2.45) is 5.92 Å². The second-order valence-corrected chi connectivity index (χ2v) is 8.64. The summed E-state index contributed by atoms with van der Waals surface area (Å²) in [4.78, 5) is 34.4. The minimum Gasteiger partial charge on any atom is -0.353 e.